The number of carbonyl (C=O) groups is 1. The largest absolute Gasteiger partial charge is 0.416 e. The Labute approximate surface area is 193 Å². The number of nitrogens with one attached hydrogen (secondary N) is 1. The van der Waals surface area contributed by atoms with Gasteiger partial charge in [-0.25, -0.2) is 0 Å². The maximum Gasteiger partial charge on any atom is 0.416 e. The fraction of sp³-hybridized carbons (Fsp3) is 0.240. The van der Waals surface area contributed by atoms with Crippen molar-refractivity contribution in [2.45, 2.75) is 32.1 Å². The highest BCUT2D eigenvalue weighted by Crippen LogP contribution is 2.38. The van der Waals surface area contributed by atoms with Gasteiger partial charge in [0.25, 0.3) is 0 Å². The number of likely N-dealkylation sites (N-methyl/N-ethyl adjacent to an activating group) is 1. The minimum atomic E-state index is -4.99. The monoisotopic (exact) mass is 480 g/mol. The zero-order valence-electron chi connectivity index (χ0n) is 18.6. The number of benzene rings is 3. The van der Waals surface area contributed by atoms with Gasteiger partial charge in [0.1, 0.15) is 0 Å². The van der Waals surface area contributed by atoms with Gasteiger partial charge >= 0.3 is 12.4 Å². The highest BCUT2D eigenvalue weighted by molar-refractivity contribution is 6.00. The van der Waals surface area contributed by atoms with Crippen molar-refractivity contribution < 1.29 is 31.1 Å². The third-order valence-electron chi connectivity index (χ3n) is 5.49. The standard InChI is InChI=1S/C25H22F6N2O/c1-15-8-4-5-9-20(15)32-21-10-6-7-11-22(21)33(3)23(34)16(2)17-12-18(24(26,27)28)14-19(13-17)25(29,30)31/h4-14,16,32H,1-3H3. The van der Waals surface area contributed by atoms with Crippen molar-refractivity contribution in [1.29, 1.82) is 0 Å². The predicted octanol–water partition coefficient (Wildman–Crippen LogP) is 7.54. The van der Waals surface area contributed by atoms with Crippen LogP contribution >= 0.6 is 0 Å². The third kappa shape index (κ3) is 5.52. The molecule has 1 atom stereocenters. The molecule has 0 heterocycles. The number of aryl methyl sites for hydroxylation is 1. The van der Waals surface area contributed by atoms with E-state index in [1.54, 1.807) is 24.3 Å². The molecule has 3 aromatic rings. The van der Waals surface area contributed by atoms with Crippen LogP contribution in [-0.2, 0) is 17.1 Å². The van der Waals surface area contributed by atoms with E-state index in [0.29, 0.717) is 23.5 Å². The summed E-state index contributed by atoms with van der Waals surface area (Å²) in [5, 5.41) is 3.22. The Kier molecular flexibility index (Phi) is 6.95. The van der Waals surface area contributed by atoms with Crippen molar-refractivity contribution in [3.63, 3.8) is 0 Å². The summed E-state index contributed by atoms with van der Waals surface area (Å²) in [6, 6.07) is 15.5. The summed E-state index contributed by atoms with van der Waals surface area (Å²) in [7, 11) is 1.43. The van der Waals surface area contributed by atoms with Gasteiger partial charge in [-0.3, -0.25) is 4.79 Å². The predicted molar refractivity (Wildman–Crippen MR) is 119 cm³/mol. The number of alkyl halides is 6. The molecular formula is C25H22F6N2O. The summed E-state index contributed by atoms with van der Waals surface area (Å²) in [4.78, 5) is 14.4. The molecular weight excluding hydrogens is 458 g/mol. The van der Waals surface area contributed by atoms with Gasteiger partial charge in [-0.15, -0.1) is 0 Å². The zero-order valence-corrected chi connectivity index (χ0v) is 18.6. The Morgan fingerprint density at radius 3 is 1.85 bits per heavy atom. The Balaban J connectivity index is 1.96. The highest BCUT2D eigenvalue weighted by atomic mass is 19.4. The molecule has 1 unspecified atom stereocenters. The van der Waals surface area contributed by atoms with Crippen LogP contribution in [0.5, 0.6) is 0 Å². The first-order valence-corrected chi connectivity index (χ1v) is 10.3. The summed E-state index contributed by atoms with van der Waals surface area (Å²) in [6.07, 6.45) is -9.98. The number of carbonyl (C=O) groups excluding carboxylic acids is 1. The molecule has 0 aliphatic carbocycles. The van der Waals surface area contributed by atoms with Crippen LogP contribution in [0.4, 0.5) is 43.4 Å². The third-order valence-corrected chi connectivity index (χ3v) is 5.49. The summed E-state index contributed by atoms with van der Waals surface area (Å²) < 4.78 is 79.5. The van der Waals surface area contributed by atoms with E-state index in [1.807, 2.05) is 31.2 Å². The molecule has 0 saturated heterocycles. The lowest BCUT2D eigenvalue weighted by molar-refractivity contribution is -0.143. The van der Waals surface area contributed by atoms with Gasteiger partial charge in [0.05, 0.1) is 28.4 Å². The van der Waals surface area contributed by atoms with Gasteiger partial charge in [0, 0.05) is 12.7 Å². The molecule has 1 amide bonds. The van der Waals surface area contributed by atoms with E-state index >= 15 is 0 Å². The molecule has 34 heavy (non-hydrogen) atoms. The summed E-state index contributed by atoms with van der Waals surface area (Å²) >= 11 is 0. The maximum absolute atomic E-state index is 13.2. The smallest absolute Gasteiger partial charge is 0.354 e. The van der Waals surface area contributed by atoms with Crippen LogP contribution in [0.1, 0.15) is 35.1 Å². The molecule has 0 bridgehead atoms. The average molecular weight is 480 g/mol. The van der Waals surface area contributed by atoms with Crippen LogP contribution in [0.2, 0.25) is 0 Å². The molecule has 0 spiro atoms. The second-order valence-corrected chi connectivity index (χ2v) is 7.92. The normalized spacial score (nSPS) is 12.9. The number of nitrogens with zero attached hydrogens (tertiary/aromatic N) is 1. The second kappa shape index (κ2) is 9.40. The van der Waals surface area contributed by atoms with Crippen LogP contribution in [0.3, 0.4) is 0 Å². The minimum Gasteiger partial charge on any atom is -0.354 e. The molecule has 0 saturated carbocycles. The van der Waals surface area contributed by atoms with Gasteiger partial charge in [-0.2, -0.15) is 26.3 Å². The topological polar surface area (TPSA) is 32.3 Å². The lowest BCUT2D eigenvalue weighted by atomic mass is 9.94. The molecule has 0 fully saturated rings. The molecule has 1 N–H and O–H groups in total. The molecule has 3 aromatic carbocycles. The van der Waals surface area contributed by atoms with Gasteiger partial charge in [-0.05, 0) is 61.4 Å². The van der Waals surface area contributed by atoms with Crippen LogP contribution in [-0.4, -0.2) is 13.0 Å². The zero-order chi connectivity index (χ0) is 25.3. The number of para-hydroxylation sites is 3. The number of hydrogen-bond acceptors (Lipinski definition) is 2. The quantitative estimate of drug-likeness (QED) is 0.383. The molecule has 0 aliphatic heterocycles. The summed E-state index contributed by atoms with van der Waals surface area (Å²) in [6.45, 7) is 3.18. The molecule has 3 rings (SSSR count). The minimum absolute atomic E-state index is 0.0474. The van der Waals surface area contributed by atoms with Crippen LogP contribution in [0, 0.1) is 6.92 Å². The lowest BCUT2D eigenvalue weighted by Crippen LogP contribution is -2.31. The fourth-order valence-corrected chi connectivity index (χ4v) is 3.51. The number of anilines is 3. The van der Waals surface area contributed by atoms with E-state index in [0.717, 1.165) is 11.3 Å². The second-order valence-electron chi connectivity index (χ2n) is 7.92. The maximum atomic E-state index is 13.2. The van der Waals surface area contributed by atoms with E-state index in [-0.39, 0.29) is 11.6 Å². The number of halogens is 6. The Morgan fingerprint density at radius 1 is 0.824 bits per heavy atom. The molecule has 0 radical (unpaired) electrons. The Hall–Kier alpha value is -3.49. The Morgan fingerprint density at radius 2 is 1.32 bits per heavy atom. The lowest BCUT2D eigenvalue weighted by Gasteiger charge is -2.25. The van der Waals surface area contributed by atoms with Gasteiger partial charge in [0.2, 0.25) is 5.91 Å². The number of rotatable bonds is 5. The average Bonchev–Trinajstić information content (AvgIpc) is 2.78. The van der Waals surface area contributed by atoms with Crippen LogP contribution in [0.25, 0.3) is 0 Å². The van der Waals surface area contributed by atoms with Crippen molar-refractivity contribution >= 4 is 23.0 Å². The van der Waals surface area contributed by atoms with E-state index in [2.05, 4.69) is 5.32 Å². The van der Waals surface area contributed by atoms with Gasteiger partial charge in [0.15, 0.2) is 0 Å². The highest BCUT2D eigenvalue weighted by Gasteiger charge is 2.38. The molecule has 180 valence electrons. The van der Waals surface area contributed by atoms with Crippen LogP contribution < -0.4 is 10.2 Å². The molecule has 9 heteroatoms. The molecule has 3 nitrogen and oxygen atoms in total. The summed E-state index contributed by atoms with van der Waals surface area (Å²) in [5.41, 5.74) is -0.573. The van der Waals surface area contributed by atoms with E-state index in [1.165, 1.54) is 18.9 Å². The van der Waals surface area contributed by atoms with E-state index < -0.39 is 35.3 Å². The SMILES string of the molecule is Cc1ccccc1Nc1ccccc1N(C)C(=O)C(C)c1cc(C(F)(F)F)cc(C(F)(F)F)c1. The summed E-state index contributed by atoms with van der Waals surface area (Å²) in [5.74, 6) is -1.92. The van der Waals surface area contributed by atoms with Crippen LogP contribution in [0.15, 0.2) is 66.7 Å². The van der Waals surface area contributed by atoms with Crippen molar-refractivity contribution in [3.05, 3.63) is 89.0 Å². The van der Waals surface area contributed by atoms with E-state index in [4.69, 9.17) is 0 Å². The first-order chi connectivity index (χ1) is 15.8. The first-order valence-electron chi connectivity index (χ1n) is 10.3. The molecule has 0 aliphatic rings. The number of amides is 1. The van der Waals surface area contributed by atoms with Crippen molar-refractivity contribution in [3.8, 4) is 0 Å². The van der Waals surface area contributed by atoms with Gasteiger partial charge < -0.3 is 10.2 Å². The van der Waals surface area contributed by atoms with Crippen molar-refractivity contribution in [2.24, 2.45) is 0 Å². The van der Waals surface area contributed by atoms with E-state index in [9.17, 15) is 31.1 Å². The van der Waals surface area contributed by atoms with Crippen molar-refractivity contribution in [1.82, 2.24) is 0 Å². The van der Waals surface area contributed by atoms with Gasteiger partial charge in [-0.1, -0.05) is 30.3 Å². The number of hydrogen-bond donors (Lipinski definition) is 1. The molecule has 0 aromatic heterocycles. The fourth-order valence-electron chi connectivity index (χ4n) is 3.51. The Bertz CT molecular complexity index is 1150. The van der Waals surface area contributed by atoms with Crippen molar-refractivity contribution in [2.75, 3.05) is 17.3 Å². The first kappa shape index (κ1) is 25.1.